The first-order chi connectivity index (χ1) is 9.38. The molecule has 0 radical (unpaired) electrons. The van der Waals surface area contributed by atoms with Crippen molar-refractivity contribution in [3.8, 4) is 0 Å². The van der Waals surface area contributed by atoms with E-state index in [1.807, 2.05) is 12.1 Å². The van der Waals surface area contributed by atoms with Crippen molar-refractivity contribution in [1.29, 1.82) is 0 Å². The van der Waals surface area contributed by atoms with E-state index in [1.54, 1.807) is 0 Å². The van der Waals surface area contributed by atoms with Gasteiger partial charge in [0.25, 0.3) is 0 Å². The normalized spacial score (nSPS) is 11.7. The monoisotopic (exact) mass is 268 g/mol. The molecule has 0 aliphatic heterocycles. The molecule has 0 bridgehead atoms. The molecule has 3 N–H and O–H groups in total. The molecule has 0 heterocycles. The highest BCUT2D eigenvalue weighted by molar-refractivity contribution is 5.50. The Bertz CT molecular complexity index is 551. The summed E-state index contributed by atoms with van der Waals surface area (Å²) in [5, 5.41) is 3.58. The predicted molar refractivity (Wildman–Crippen MR) is 88.0 cm³/mol. The summed E-state index contributed by atoms with van der Waals surface area (Å²) in [5.74, 6) is 0.564. The van der Waals surface area contributed by atoms with Gasteiger partial charge in [0.1, 0.15) is 0 Å². The van der Waals surface area contributed by atoms with Crippen LogP contribution in [0.15, 0.2) is 48.5 Å². The Morgan fingerprint density at radius 1 is 0.900 bits per heavy atom. The third-order valence-corrected chi connectivity index (χ3v) is 3.67. The van der Waals surface area contributed by atoms with Crippen LogP contribution in [0.3, 0.4) is 0 Å². The van der Waals surface area contributed by atoms with Gasteiger partial charge in [-0.05, 0) is 55.2 Å². The first kappa shape index (κ1) is 14.4. The Hall–Kier alpha value is -1.96. The van der Waals surface area contributed by atoms with Crippen molar-refractivity contribution in [2.75, 3.05) is 11.1 Å². The van der Waals surface area contributed by atoms with Crippen molar-refractivity contribution < 1.29 is 0 Å². The molecule has 0 fully saturated rings. The first-order valence-electron chi connectivity index (χ1n) is 7.12. The lowest BCUT2D eigenvalue weighted by atomic mass is 9.93. The molecule has 0 saturated carbocycles. The lowest BCUT2D eigenvalue weighted by molar-refractivity contribution is 0.609. The Morgan fingerprint density at radius 3 is 1.95 bits per heavy atom. The molecular formula is C18H24N2. The highest BCUT2D eigenvalue weighted by Crippen LogP contribution is 2.27. The number of nitrogens with one attached hydrogen (secondary N) is 1. The van der Waals surface area contributed by atoms with Gasteiger partial charge >= 0.3 is 0 Å². The van der Waals surface area contributed by atoms with Gasteiger partial charge in [-0.1, -0.05) is 38.1 Å². The largest absolute Gasteiger partial charge is 0.399 e. The topological polar surface area (TPSA) is 38.0 Å². The van der Waals surface area contributed by atoms with E-state index in [4.69, 9.17) is 5.73 Å². The van der Waals surface area contributed by atoms with Crippen LogP contribution < -0.4 is 11.1 Å². The van der Waals surface area contributed by atoms with Gasteiger partial charge in [0.05, 0.1) is 5.54 Å². The molecule has 2 heteroatoms. The van der Waals surface area contributed by atoms with Gasteiger partial charge in [-0.15, -0.1) is 0 Å². The van der Waals surface area contributed by atoms with Crippen LogP contribution in [0.2, 0.25) is 0 Å². The number of benzene rings is 2. The number of anilines is 2. The fourth-order valence-corrected chi connectivity index (χ4v) is 2.28. The van der Waals surface area contributed by atoms with Crippen molar-refractivity contribution in [2.45, 2.75) is 39.2 Å². The maximum atomic E-state index is 5.75. The molecule has 2 aromatic carbocycles. The van der Waals surface area contributed by atoms with Crippen LogP contribution in [0.25, 0.3) is 0 Å². The summed E-state index contributed by atoms with van der Waals surface area (Å²) in [5.41, 5.74) is 10.1. The Labute approximate surface area is 122 Å². The average Bonchev–Trinajstić information content (AvgIpc) is 2.39. The minimum absolute atomic E-state index is 0.132. The average molecular weight is 268 g/mol. The number of hydrogen-bond acceptors (Lipinski definition) is 2. The van der Waals surface area contributed by atoms with Crippen LogP contribution in [-0.2, 0) is 5.54 Å². The van der Waals surface area contributed by atoms with Crippen molar-refractivity contribution in [2.24, 2.45) is 0 Å². The van der Waals surface area contributed by atoms with Crippen LogP contribution in [0, 0.1) is 0 Å². The third kappa shape index (κ3) is 3.32. The van der Waals surface area contributed by atoms with E-state index < -0.39 is 0 Å². The van der Waals surface area contributed by atoms with Crippen molar-refractivity contribution in [3.05, 3.63) is 59.7 Å². The maximum absolute atomic E-state index is 5.75. The highest BCUT2D eigenvalue weighted by atomic mass is 15.0. The Balaban J connectivity index is 2.17. The summed E-state index contributed by atoms with van der Waals surface area (Å²) in [4.78, 5) is 0. The van der Waals surface area contributed by atoms with Gasteiger partial charge in [0.2, 0.25) is 0 Å². The predicted octanol–water partition coefficient (Wildman–Crippen LogP) is 4.74. The number of rotatable bonds is 4. The quantitative estimate of drug-likeness (QED) is 0.786. The Morgan fingerprint density at radius 2 is 1.45 bits per heavy atom. The minimum atomic E-state index is -0.132. The maximum Gasteiger partial charge on any atom is 0.0569 e. The zero-order valence-corrected chi connectivity index (χ0v) is 12.8. The standard InChI is InChI=1S/C18H24N2/c1-13(2)14-5-11-17(12-6-14)20-18(3,4)15-7-9-16(19)10-8-15/h5-13,20H,19H2,1-4H3. The van der Waals surface area contributed by atoms with E-state index in [9.17, 15) is 0 Å². The van der Waals surface area contributed by atoms with E-state index >= 15 is 0 Å². The van der Waals surface area contributed by atoms with Gasteiger partial charge in [-0.2, -0.15) is 0 Å². The van der Waals surface area contributed by atoms with Crippen LogP contribution in [0.5, 0.6) is 0 Å². The lowest BCUT2D eigenvalue weighted by Gasteiger charge is -2.28. The molecule has 0 amide bonds. The van der Waals surface area contributed by atoms with Crippen molar-refractivity contribution in [3.63, 3.8) is 0 Å². The summed E-state index contributed by atoms with van der Waals surface area (Å²) < 4.78 is 0. The molecule has 0 aliphatic carbocycles. The molecule has 0 saturated heterocycles. The molecule has 0 unspecified atom stereocenters. The molecule has 2 rings (SSSR count). The van der Waals surface area contributed by atoms with E-state index in [0.717, 1.165) is 11.4 Å². The highest BCUT2D eigenvalue weighted by Gasteiger charge is 2.19. The molecule has 0 atom stereocenters. The third-order valence-electron chi connectivity index (χ3n) is 3.67. The second-order valence-electron chi connectivity index (χ2n) is 6.15. The summed E-state index contributed by atoms with van der Waals surface area (Å²) in [7, 11) is 0. The molecule has 0 spiro atoms. The second kappa shape index (κ2) is 5.58. The number of nitrogens with two attached hydrogens (primary N) is 1. The first-order valence-corrected chi connectivity index (χ1v) is 7.12. The van der Waals surface area contributed by atoms with Crippen LogP contribution in [0.4, 0.5) is 11.4 Å². The van der Waals surface area contributed by atoms with E-state index in [-0.39, 0.29) is 5.54 Å². The summed E-state index contributed by atoms with van der Waals surface area (Å²) >= 11 is 0. The van der Waals surface area contributed by atoms with Crippen LogP contribution >= 0.6 is 0 Å². The van der Waals surface area contributed by atoms with Crippen LogP contribution in [0.1, 0.15) is 44.7 Å². The van der Waals surface area contributed by atoms with Gasteiger partial charge in [0, 0.05) is 11.4 Å². The van der Waals surface area contributed by atoms with Gasteiger partial charge in [-0.3, -0.25) is 0 Å². The number of nitrogen functional groups attached to an aromatic ring is 1. The molecule has 2 aromatic rings. The van der Waals surface area contributed by atoms with Gasteiger partial charge < -0.3 is 11.1 Å². The molecule has 0 aromatic heterocycles. The van der Waals surface area contributed by atoms with E-state index in [0.29, 0.717) is 5.92 Å². The molecule has 0 aliphatic rings. The zero-order valence-electron chi connectivity index (χ0n) is 12.8. The fourth-order valence-electron chi connectivity index (χ4n) is 2.28. The molecule has 2 nitrogen and oxygen atoms in total. The molecular weight excluding hydrogens is 244 g/mol. The molecule has 106 valence electrons. The van der Waals surface area contributed by atoms with Gasteiger partial charge in [0.15, 0.2) is 0 Å². The second-order valence-corrected chi connectivity index (χ2v) is 6.15. The zero-order chi connectivity index (χ0) is 14.8. The van der Waals surface area contributed by atoms with Gasteiger partial charge in [-0.25, -0.2) is 0 Å². The smallest absolute Gasteiger partial charge is 0.0569 e. The van der Waals surface area contributed by atoms with Crippen molar-refractivity contribution in [1.82, 2.24) is 0 Å². The minimum Gasteiger partial charge on any atom is -0.399 e. The SMILES string of the molecule is CC(C)c1ccc(NC(C)(C)c2ccc(N)cc2)cc1. The molecule has 20 heavy (non-hydrogen) atoms. The summed E-state index contributed by atoms with van der Waals surface area (Å²) in [6.45, 7) is 8.77. The summed E-state index contributed by atoms with van der Waals surface area (Å²) in [6, 6.07) is 16.7. The van der Waals surface area contributed by atoms with E-state index in [2.05, 4.69) is 69.4 Å². The Kier molecular flexibility index (Phi) is 4.03. The fraction of sp³-hybridized carbons (Fsp3) is 0.333. The van der Waals surface area contributed by atoms with Crippen molar-refractivity contribution >= 4 is 11.4 Å². The number of hydrogen-bond donors (Lipinski definition) is 2. The summed E-state index contributed by atoms with van der Waals surface area (Å²) in [6.07, 6.45) is 0. The lowest BCUT2D eigenvalue weighted by Crippen LogP contribution is -2.27. The van der Waals surface area contributed by atoms with E-state index in [1.165, 1.54) is 11.1 Å². The van der Waals surface area contributed by atoms with Crippen LogP contribution in [-0.4, -0.2) is 0 Å².